The predicted molar refractivity (Wildman–Crippen MR) is 82.4 cm³/mol. The van der Waals surface area contributed by atoms with Crippen molar-refractivity contribution in [3.8, 4) is 0 Å². The van der Waals surface area contributed by atoms with Crippen molar-refractivity contribution < 1.29 is 0 Å². The van der Waals surface area contributed by atoms with Crippen LogP contribution in [0.1, 0.15) is 55.8 Å². The molecule has 0 amide bonds. The molecule has 0 atom stereocenters. The Balaban J connectivity index is 2.43. The Morgan fingerprint density at radius 2 is 1.90 bits per heavy atom. The van der Waals surface area contributed by atoms with E-state index in [2.05, 4.69) is 22.0 Å². The lowest BCUT2D eigenvalue weighted by Crippen LogP contribution is -2.39. The maximum Gasteiger partial charge on any atom is 0.162 e. The largest absolute Gasteiger partial charge is 0.384 e. The summed E-state index contributed by atoms with van der Waals surface area (Å²) >= 11 is 0. The van der Waals surface area contributed by atoms with Crippen LogP contribution in [-0.2, 0) is 0 Å². The van der Waals surface area contributed by atoms with E-state index in [1.807, 2.05) is 13.8 Å². The maximum absolute atomic E-state index is 7.88. The Morgan fingerprint density at radius 3 is 2.45 bits per heavy atom. The van der Waals surface area contributed by atoms with Crippen LogP contribution in [0.15, 0.2) is 0 Å². The van der Waals surface area contributed by atoms with E-state index >= 15 is 0 Å². The van der Waals surface area contributed by atoms with Gasteiger partial charge in [-0.15, -0.1) is 5.10 Å². The summed E-state index contributed by atoms with van der Waals surface area (Å²) in [5, 5.41) is 16.5. The molecule has 0 saturated heterocycles. The minimum absolute atomic E-state index is 0.0877. The first kappa shape index (κ1) is 14.8. The van der Waals surface area contributed by atoms with Crippen molar-refractivity contribution >= 4 is 11.7 Å². The van der Waals surface area contributed by atoms with Gasteiger partial charge in [0.2, 0.25) is 0 Å². The summed E-state index contributed by atoms with van der Waals surface area (Å²) in [5.74, 6) is 0.875. The normalized spacial score (nSPS) is 16.1. The third-order valence-electron chi connectivity index (χ3n) is 4.33. The molecule has 0 radical (unpaired) electrons. The van der Waals surface area contributed by atoms with E-state index in [0.717, 1.165) is 29.2 Å². The summed E-state index contributed by atoms with van der Waals surface area (Å²) in [4.78, 5) is 2.29. The first-order valence-corrected chi connectivity index (χ1v) is 7.51. The highest BCUT2D eigenvalue weighted by Gasteiger charge is 2.25. The molecule has 0 unspecified atom stereocenters. The first-order chi connectivity index (χ1) is 9.56. The van der Waals surface area contributed by atoms with Gasteiger partial charge in [0.05, 0.1) is 11.3 Å². The standard InChI is InChI=1S/C15H25N5/c1-4-20(12-8-6-5-7-9-12)15-13(14(16)17)10(2)11(3)18-19-15/h12H,4-9H2,1-3H3,(H3,16,17). The van der Waals surface area contributed by atoms with Crippen LogP contribution in [0.25, 0.3) is 0 Å². The number of hydrogen-bond acceptors (Lipinski definition) is 4. The van der Waals surface area contributed by atoms with Gasteiger partial charge in [-0.1, -0.05) is 19.3 Å². The highest BCUT2D eigenvalue weighted by molar-refractivity contribution is 6.01. The number of nitrogens with one attached hydrogen (secondary N) is 1. The summed E-state index contributed by atoms with van der Waals surface area (Å²) < 4.78 is 0. The molecule has 1 fully saturated rings. The van der Waals surface area contributed by atoms with E-state index in [1.54, 1.807) is 0 Å². The minimum Gasteiger partial charge on any atom is -0.384 e. The van der Waals surface area contributed by atoms with Gasteiger partial charge < -0.3 is 10.6 Å². The molecule has 1 aliphatic carbocycles. The van der Waals surface area contributed by atoms with Gasteiger partial charge in [-0.2, -0.15) is 5.10 Å². The molecule has 1 aliphatic rings. The molecule has 1 saturated carbocycles. The number of anilines is 1. The third kappa shape index (κ3) is 2.76. The van der Waals surface area contributed by atoms with Crippen LogP contribution in [0, 0.1) is 19.3 Å². The molecule has 1 aromatic rings. The number of nitrogens with zero attached hydrogens (tertiary/aromatic N) is 3. The molecular weight excluding hydrogens is 250 g/mol. The van der Waals surface area contributed by atoms with Gasteiger partial charge in [0.25, 0.3) is 0 Å². The fourth-order valence-corrected chi connectivity index (χ4v) is 3.09. The van der Waals surface area contributed by atoms with Gasteiger partial charge in [0.15, 0.2) is 5.82 Å². The Bertz CT molecular complexity index is 491. The number of nitrogen functional groups attached to an aromatic ring is 1. The topological polar surface area (TPSA) is 78.9 Å². The first-order valence-electron chi connectivity index (χ1n) is 7.51. The molecule has 3 N–H and O–H groups in total. The average Bonchev–Trinajstić information content (AvgIpc) is 2.44. The molecule has 5 heteroatoms. The zero-order chi connectivity index (χ0) is 14.7. The molecule has 1 aromatic heterocycles. The fraction of sp³-hybridized carbons (Fsp3) is 0.667. The van der Waals surface area contributed by atoms with Crippen molar-refractivity contribution in [3.63, 3.8) is 0 Å². The monoisotopic (exact) mass is 275 g/mol. The SMILES string of the molecule is CCN(c1nnc(C)c(C)c1C(=N)N)C1CCCCC1. The highest BCUT2D eigenvalue weighted by Crippen LogP contribution is 2.29. The van der Waals surface area contributed by atoms with Crippen LogP contribution in [-0.4, -0.2) is 28.6 Å². The number of nitrogens with two attached hydrogens (primary N) is 1. The summed E-state index contributed by atoms with van der Waals surface area (Å²) in [6, 6.07) is 0.503. The van der Waals surface area contributed by atoms with Crippen molar-refractivity contribution in [3.05, 3.63) is 16.8 Å². The van der Waals surface area contributed by atoms with Gasteiger partial charge >= 0.3 is 0 Å². The average molecular weight is 275 g/mol. The van der Waals surface area contributed by atoms with Crippen LogP contribution in [0.2, 0.25) is 0 Å². The van der Waals surface area contributed by atoms with Gasteiger partial charge in [-0.25, -0.2) is 0 Å². The lowest BCUT2D eigenvalue weighted by molar-refractivity contribution is 0.415. The Morgan fingerprint density at radius 1 is 1.25 bits per heavy atom. The van der Waals surface area contributed by atoms with Crippen molar-refractivity contribution in [1.29, 1.82) is 5.41 Å². The molecule has 0 aliphatic heterocycles. The lowest BCUT2D eigenvalue weighted by Gasteiger charge is -2.35. The van der Waals surface area contributed by atoms with Gasteiger partial charge in [-0.05, 0) is 39.2 Å². The number of aromatic nitrogens is 2. The molecule has 1 heterocycles. The van der Waals surface area contributed by atoms with Crippen molar-refractivity contribution in [2.45, 2.75) is 58.9 Å². The van der Waals surface area contributed by atoms with Crippen molar-refractivity contribution in [2.75, 3.05) is 11.4 Å². The van der Waals surface area contributed by atoms with E-state index in [0.29, 0.717) is 6.04 Å². The predicted octanol–water partition coefficient (Wildman–Crippen LogP) is 2.54. The molecule has 0 spiro atoms. The molecule has 0 bridgehead atoms. The zero-order valence-corrected chi connectivity index (χ0v) is 12.7. The number of amidine groups is 1. The van der Waals surface area contributed by atoms with E-state index < -0.39 is 0 Å². The molecule has 110 valence electrons. The molecule has 2 rings (SSSR count). The number of hydrogen-bond donors (Lipinski definition) is 2. The minimum atomic E-state index is 0.0877. The van der Waals surface area contributed by atoms with Crippen molar-refractivity contribution in [2.24, 2.45) is 5.73 Å². The summed E-state index contributed by atoms with van der Waals surface area (Å²) in [6.45, 7) is 6.89. The van der Waals surface area contributed by atoms with Crippen LogP contribution in [0.3, 0.4) is 0 Å². The summed E-state index contributed by atoms with van der Waals surface area (Å²) in [6.07, 6.45) is 6.26. The van der Waals surface area contributed by atoms with E-state index in [9.17, 15) is 0 Å². The second-order valence-corrected chi connectivity index (χ2v) is 5.60. The molecule has 5 nitrogen and oxygen atoms in total. The van der Waals surface area contributed by atoms with Crippen LogP contribution < -0.4 is 10.6 Å². The second kappa shape index (κ2) is 6.20. The van der Waals surface area contributed by atoms with Gasteiger partial charge in [0, 0.05) is 12.6 Å². The summed E-state index contributed by atoms with van der Waals surface area (Å²) in [7, 11) is 0. The van der Waals surface area contributed by atoms with E-state index in [4.69, 9.17) is 11.1 Å². The highest BCUT2D eigenvalue weighted by atomic mass is 15.3. The molecule has 0 aromatic carbocycles. The van der Waals surface area contributed by atoms with Crippen molar-refractivity contribution in [1.82, 2.24) is 10.2 Å². The third-order valence-corrected chi connectivity index (χ3v) is 4.33. The lowest BCUT2D eigenvalue weighted by atomic mass is 9.93. The molecular formula is C15H25N5. The number of rotatable bonds is 4. The summed E-state index contributed by atoms with van der Waals surface area (Å²) in [5.41, 5.74) is 8.36. The van der Waals surface area contributed by atoms with Crippen LogP contribution in [0.4, 0.5) is 5.82 Å². The van der Waals surface area contributed by atoms with Crippen LogP contribution >= 0.6 is 0 Å². The smallest absolute Gasteiger partial charge is 0.162 e. The number of aryl methyl sites for hydroxylation is 1. The van der Waals surface area contributed by atoms with E-state index in [-0.39, 0.29) is 5.84 Å². The second-order valence-electron chi connectivity index (χ2n) is 5.60. The molecule has 20 heavy (non-hydrogen) atoms. The maximum atomic E-state index is 7.88. The van der Waals surface area contributed by atoms with Crippen LogP contribution in [0.5, 0.6) is 0 Å². The van der Waals surface area contributed by atoms with Gasteiger partial charge in [0.1, 0.15) is 5.84 Å². The Kier molecular flexibility index (Phi) is 4.57. The zero-order valence-electron chi connectivity index (χ0n) is 12.7. The Labute approximate surface area is 121 Å². The van der Waals surface area contributed by atoms with Gasteiger partial charge in [-0.3, -0.25) is 5.41 Å². The Hall–Kier alpha value is -1.65. The quantitative estimate of drug-likeness (QED) is 0.653. The van der Waals surface area contributed by atoms with E-state index in [1.165, 1.54) is 32.1 Å². The fourth-order valence-electron chi connectivity index (χ4n) is 3.09.